The molecule has 0 N–H and O–H groups in total. The molecule has 2 rings (SSSR count). The summed E-state index contributed by atoms with van der Waals surface area (Å²) in [5, 5.41) is 0. The summed E-state index contributed by atoms with van der Waals surface area (Å²) in [5.41, 5.74) is 1.07. The summed E-state index contributed by atoms with van der Waals surface area (Å²) < 4.78 is 8.39. The van der Waals surface area contributed by atoms with Crippen LogP contribution in [-0.4, -0.2) is 22.0 Å². The molecule has 0 spiro atoms. The molecule has 0 radical (unpaired) electrons. The summed E-state index contributed by atoms with van der Waals surface area (Å²) in [5.74, 6) is -0.387. The van der Waals surface area contributed by atoms with Gasteiger partial charge < -0.3 is 4.74 Å². The molecule has 0 amide bonds. The van der Waals surface area contributed by atoms with E-state index in [1.807, 2.05) is 22.7 Å². The van der Waals surface area contributed by atoms with Crippen LogP contribution in [0.3, 0.4) is 0 Å². The SMILES string of the molecule is CCOC(=O)c1nc2c(Br)cccn2c1I. The largest absolute Gasteiger partial charge is 0.461 e. The third-order valence-corrected chi connectivity index (χ3v) is 3.66. The Morgan fingerprint density at radius 1 is 1.69 bits per heavy atom. The maximum Gasteiger partial charge on any atom is 0.359 e. The number of pyridine rings is 1. The molecule has 0 bridgehead atoms. The molecule has 0 aliphatic rings. The zero-order chi connectivity index (χ0) is 11.7. The minimum atomic E-state index is -0.387. The number of imidazole rings is 1. The highest BCUT2D eigenvalue weighted by Gasteiger charge is 2.18. The van der Waals surface area contributed by atoms with Crippen LogP contribution in [0.15, 0.2) is 22.8 Å². The molecule has 0 aromatic carbocycles. The number of esters is 1. The lowest BCUT2D eigenvalue weighted by atomic mass is 10.5. The van der Waals surface area contributed by atoms with Gasteiger partial charge in [0.1, 0.15) is 3.70 Å². The Hall–Kier alpha value is -0.630. The smallest absolute Gasteiger partial charge is 0.359 e. The summed E-state index contributed by atoms with van der Waals surface area (Å²) in [6, 6.07) is 3.77. The topological polar surface area (TPSA) is 43.6 Å². The van der Waals surface area contributed by atoms with Crippen LogP contribution in [0.25, 0.3) is 5.65 Å². The predicted molar refractivity (Wildman–Crippen MR) is 71.6 cm³/mol. The number of hydrogen-bond donors (Lipinski definition) is 0. The molecule has 2 aromatic heterocycles. The van der Waals surface area contributed by atoms with E-state index in [2.05, 4.69) is 43.5 Å². The average Bonchev–Trinajstić information content (AvgIpc) is 2.59. The van der Waals surface area contributed by atoms with Gasteiger partial charge in [-0.2, -0.15) is 0 Å². The number of aromatic nitrogens is 2. The molecular weight excluding hydrogens is 387 g/mol. The second kappa shape index (κ2) is 4.70. The molecule has 84 valence electrons. The highest BCUT2D eigenvalue weighted by molar-refractivity contribution is 14.1. The number of ether oxygens (including phenoxy) is 1. The van der Waals surface area contributed by atoms with Gasteiger partial charge in [0.25, 0.3) is 0 Å². The van der Waals surface area contributed by atoms with Gasteiger partial charge in [-0.1, -0.05) is 0 Å². The van der Waals surface area contributed by atoms with Crippen molar-refractivity contribution in [1.82, 2.24) is 9.38 Å². The van der Waals surface area contributed by atoms with Gasteiger partial charge in [-0.25, -0.2) is 9.78 Å². The minimum absolute atomic E-state index is 0.351. The third kappa shape index (κ3) is 1.95. The van der Waals surface area contributed by atoms with Crippen molar-refractivity contribution in [3.8, 4) is 0 Å². The molecule has 0 saturated heterocycles. The van der Waals surface area contributed by atoms with Crippen molar-refractivity contribution >= 4 is 50.1 Å². The maximum atomic E-state index is 11.6. The summed E-state index contributed by atoms with van der Waals surface area (Å²) in [7, 11) is 0. The zero-order valence-electron chi connectivity index (χ0n) is 8.41. The molecule has 6 heteroatoms. The van der Waals surface area contributed by atoms with Crippen molar-refractivity contribution in [3.63, 3.8) is 0 Å². The van der Waals surface area contributed by atoms with Crippen LogP contribution in [0.1, 0.15) is 17.4 Å². The van der Waals surface area contributed by atoms with Crippen molar-refractivity contribution < 1.29 is 9.53 Å². The molecule has 0 saturated carbocycles. The van der Waals surface area contributed by atoms with Crippen LogP contribution in [-0.2, 0) is 4.74 Å². The van der Waals surface area contributed by atoms with Gasteiger partial charge in [-0.15, -0.1) is 0 Å². The number of rotatable bonds is 2. The van der Waals surface area contributed by atoms with Crippen LogP contribution in [0.5, 0.6) is 0 Å². The first-order valence-corrected chi connectivity index (χ1v) is 6.51. The van der Waals surface area contributed by atoms with E-state index in [0.717, 1.165) is 13.8 Å². The van der Waals surface area contributed by atoms with Crippen molar-refractivity contribution in [3.05, 3.63) is 32.2 Å². The highest BCUT2D eigenvalue weighted by atomic mass is 127. The second-order valence-corrected chi connectivity index (χ2v) is 4.90. The second-order valence-electron chi connectivity index (χ2n) is 3.02. The Labute approximate surface area is 114 Å². The Bertz CT molecular complexity index is 553. The number of carbonyl (C=O) groups is 1. The lowest BCUT2D eigenvalue weighted by molar-refractivity contribution is 0.0519. The van der Waals surface area contributed by atoms with Crippen LogP contribution in [0, 0.1) is 3.70 Å². The van der Waals surface area contributed by atoms with Crippen molar-refractivity contribution in [2.75, 3.05) is 6.61 Å². The third-order valence-electron chi connectivity index (χ3n) is 2.01. The average molecular weight is 395 g/mol. The molecule has 0 aliphatic carbocycles. The van der Waals surface area contributed by atoms with Gasteiger partial charge in [0.15, 0.2) is 11.3 Å². The van der Waals surface area contributed by atoms with Crippen molar-refractivity contribution in [1.29, 1.82) is 0 Å². The van der Waals surface area contributed by atoms with Gasteiger partial charge in [-0.05, 0) is 57.6 Å². The van der Waals surface area contributed by atoms with E-state index in [-0.39, 0.29) is 5.97 Å². The summed E-state index contributed by atoms with van der Waals surface area (Å²) in [6.07, 6.45) is 1.86. The molecule has 0 aliphatic heterocycles. The van der Waals surface area contributed by atoms with E-state index >= 15 is 0 Å². The number of fused-ring (bicyclic) bond motifs is 1. The van der Waals surface area contributed by atoms with E-state index in [9.17, 15) is 4.79 Å². The molecule has 2 heterocycles. The summed E-state index contributed by atoms with van der Waals surface area (Å²) >= 11 is 5.48. The predicted octanol–water partition coefficient (Wildman–Crippen LogP) is 2.88. The quantitative estimate of drug-likeness (QED) is 0.581. The van der Waals surface area contributed by atoms with Crippen molar-refractivity contribution in [2.45, 2.75) is 6.92 Å². The molecule has 0 fully saturated rings. The van der Waals surface area contributed by atoms with Crippen LogP contribution in [0.4, 0.5) is 0 Å². The van der Waals surface area contributed by atoms with Gasteiger partial charge in [0.2, 0.25) is 0 Å². The van der Waals surface area contributed by atoms with E-state index in [4.69, 9.17) is 4.74 Å². The lowest BCUT2D eigenvalue weighted by Gasteiger charge is -1.97. The fraction of sp³-hybridized carbons (Fsp3) is 0.200. The fourth-order valence-corrected chi connectivity index (χ4v) is 2.50. The van der Waals surface area contributed by atoms with E-state index in [1.54, 1.807) is 6.92 Å². The first-order valence-electron chi connectivity index (χ1n) is 4.64. The Kier molecular flexibility index (Phi) is 3.48. The molecular formula is C10H8BrIN2O2. The summed E-state index contributed by atoms with van der Waals surface area (Å²) in [4.78, 5) is 15.9. The molecule has 0 unspecified atom stereocenters. The van der Waals surface area contributed by atoms with Gasteiger partial charge in [0.05, 0.1) is 11.1 Å². The lowest BCUT2D eigenvalue weighted by Crippen LogP contribution is -2.06. The highest BCUT2D eigenvalue weighted by Crippen LogP contribution is 2.22. The molecule has 2 aromatic rings. The number of hydrogen-bond acceptors (Lipinski definition) is 3. The number of carbonyl (C=O) groups excluding carboxylic acids is 1. The first kappa shape index (κ1) is 11.8. The van der Waals surface area contributed by atoms with E-state index in [0.29, 0.717) is 12.3 Å². The molecule has 4 nitrogen and oxygen atoms in total. The molecule has 16 heavy (non-hydrogen) atoms. The van der Waals surface area contributed by atoms with Crippen LogP contribution >= 0.6 is 38.5 Å². The van der Waals surface area contributed by atoms with E-state index < -0.39 is 0 Å². The first-order chi connectivity index (χ1) is 7.65. The number of nitrogens with zero attached hydrogens (tertiary/aromatic N) is 2. The Morgan fingerprint density at radius 3 is 3.06 bits per heavy atom. The molecule has 0 atom stereocenters. The Balaban J connectivity index is 2.60. The van der Waals surface area contributed by atoms with Crippen molar-refractivity contribution in [2.24, 2.45) is 0 Å². The Morgan fingerprint density at radius 2 is 2.44 bits per heavy atom. The number of halogens is 2. The van der Waals surface area contributed by atoms with Crippen LogP contribution < -0.4 is 0 Å². The summed E-state index contributed by atoms with van der Waals surface area (Å²) in [6.45, 7) is 2.13. The zero-order valence-corrected chi connectivity index (χ0v) is 12.1. The maximum absolute atomic E-state index is 11.6. The van der Waals surface area contributed by atoms with Gasteiger partial charge in [0, 0.05) is 6.20 Å². The minimum Gasteiger partial charge on any atom is -0.461 e. The van der Waals surface area contributed by atoms with Gasteiger partial charge >= 0.3 is 5.97 Å². The van der Waals surface area contributed by atoms with Crippen LogP contribution in [0.2, 0.25) is 0 Å². The van der Waals surface area contributed by atoms with E-state index in [1.165, 1.54) is 0 Å². The fourth-order valence-electron chi connectivity index (χ4n) is 1.33. The monoisotopic (exact) mass is 394 g/mol. The normalized spacial score (nSPS) is 10.7. The van der Waals surface area contributed by atoms with Gasteiger partial charge in [-0.3, -0.25) is 4.40 Å². The standard InChI is InChI=1S/C10H8BrIN2O2/c1-2-16-10(15)7-8(12)14-5-3-4-6(11)9(14)13-7/h3-5H,2H2,1H3.